The molecule has 0 spiro atoms. The maximum absolute atomic E-state index is 5.95. The Balaban J connectivity index is 2.23. The summed E-state index contributed by atoms with van der Waals surface area (Å²) in [6.07, 6.45) is 0. The van der Waals surface area contributed by atoms with Crippen LogP contribution in [0.5, 0.6) is 11.5 Å². The first-order valence-corrected chi connectivity index (χ1v) is 6.63. The highest BCUT2D eigenvalue weighted by atomic mass is 35.5. The van der Waals surface area contributed by atoms with Gasteiger partial charge in [-0.25, -0.2) is 9.97 Å². The molecule has 1 aromatic carbocycles. The van der Waals surface area contributed by atoms with Crippen molar-refractivity contribution >= 4 is 17.2 Å². The van der Waals surface area contributed by atoms with E-state index < -0.39 is 0 Å². The molecule has 2 heterocycles. The number of halogens is 1. The van der Waals surface area contributed by atoms with E-state index in [1.54, 1.807) is 24.8 Å². The largest absolute Gasteiger partial charge is 0.493 e. The molecular weight excluding hydrogens is 292 g/mol. The van der Waals surface area contributed by atoms with E-state index in [0.29, 0.717) is 33.9 Å². The second kappa shape index (κ2) is 5.21. The Kier molecular flexibility index (Phi) is 3.39. The van der Waals surface area contributed by atoms with Gasteiger partial charge in [0.05, 0.1) is 19.8 Å². The lowest BCUT2D eigenvalue weighted by Crippen LogP contribution is -1.97. The lowest BCUT2D eigenvalue weighted by Gasteiger charge is -2.09. The summed E-state index contributed by atoms with van der Waals surface area (Å²) in [6.45, 7) is 1.82. The Morgan fingerprint density at radius 2 is 1.95 bits per heavy atom. The van der Waals surface area contributed by atoms with Crippen LogP contribution >= 0.6 is 11.6 Å². The Bertz CT molecular complexity index is 816. The molecule has 0 bridgehead atoms. The van der Waals surface area contributed by atoms with Crippen molar-refractivity contribution in [1.29, 1.82) is 0 Å². The highest BCUT2D eigenvalue weighted by molar-refractivity contribution is 6.29. The molecule has 0 unspecified atom stereocenters. The van der Waals surface area contributed by atoms with Crippen LogP contribution in [0.1, 0.15) is 5.82 Å². The van der Waals surface area contributed by atoms with E-state index in [9.17, 15) is 0 Å². The first-order chi connectivity index (χ1) is 10.1. The molecule has 0 N–H and O–H groups in total. The van der Waals surface area contributed by atoms with Crippen LogP contribution in [0.25, 0.3) is 17.0 Å². The quantitative estimate of drug-likeness (QED) is 0.696. The number of para-hydroxylation sites is 1. The average Bonchev–Trinajstić information content (AvgIpc) is 2.90. The fraction of sp³-hybridized carbons (Fsp3) is 0.214. The van der Waals surface area contributed by atoms with Crippen LogP contribution in [0.3, 0.4) is 0 Å². The Morgan fingerprint density at radius 3 is 2.67 bits per heavy atom. The zero-order chi connectivity index (χ0) is 15.0. The number of aryl methyl sites for hydroxylation is 1. The van der Waals surface area contributed by atoms with Gasteiger partial charge in [0.2, 0.25) is 0 Å². The fourth-order valence-corrected chi connectivity index (χ4v) is 2.39. The first kappa shape index (κ1) is 13.6. The SMILES string of the molecule is COc1cccc(-c2nc3cc(Cl)nc(C)n3n2)c1OC. The van der Waals surface area contributed by atoms with Crippen LogP contribution in [0.15, 0.2) is 24.3 Å². The van der Waals surface area contributed by atoms with Crippen LogP contribution in [0, 0.1) is 6.92 Å². The van der Waals surface area contributed by atoms with Gasteiger partial charge in [-0.05, 0) is 19.1 Å². The van der Waals surface area contributed by atoms with Crippen molar-refractivity contribution in [3.8, 4) is 22.9 Å². The minimum atomic E-state index is 0.386. The van der Waals surface area contributed by atoms with Gasteiger partial charge in [0.25, 0.3) is 0 Å². The molecule has 0 saturated heterocycles. The number of aromatic nitrogens is 4. The molecule has 0 saturated carbocycles. The van der Waals surface area contributed by atoms with Gasteiger partial charge >= 0.3 is 0 Å². The molecule has 0 aliphatic rings. The number of rotatable bonds is 3. The van der Waals surface area contributed by atoms with Gasteiger partial charge in [-0.15, -0.1) is 5.10 Å². The van der Waals surface area contributed by atoms with Gasteiger partial charge in [0.15, 0.2) is 23.0 Å². The third kappa shape index (κ3) is 2.27. The maximum Gasteiger partial charge on any atom is 0.186 e. The van der Waals surface area contributed by atoms with Crippen LogP contribution in [-0.4, -0.2) is 33.8 Å². The predicted molar refractivity (Wildman–Crippen MR) is 79.1 cm³/mol. The summed E-state index contributed by atoms with van der Waals surface area (Å²) < 4.78 is 12.3. The van der Waals surface area contributed by atoms with Crippen molar-refractivity contribution in [1.82, 2.24) is 19.6 Å². The average molecular weight is 305 g/mol. The monoisotopic (exact) mass is 304 g/mol. The number of nitrogens with zero attached hydrogens (tertiary/aromatic N) is 4. The normalized spacial score (nSPS) is 10.9. The van der Waals surface area contributed by atoms with Crippen molar-refractivity contribution in [3.63, 3.8) is 0 Å². The highest BCUT2D eigenvalue weighted by Gasteiger charge is 2.16. The molecule has 7 heteroatoms. The molecule has 0 aliphatic heterocycles. The number of hydrogen-bond acceptors (Lipinski definition) is 5. The van der Waals surface area contributed by atoms with Crippen LogP contribution in [0.2, 0.25) is 5.15 Å². The highest BCUT2D eigenvalue weighted by Crippen LogP contribution is 2.36. The molecule has 3 aromatic rings. The summed E-state index contributed by atoms with van der Waals surface area (Å²) in [5.41, 5.74) is 1.38. The zero-order valence-corrected chi connectivity index (χ0v) is 12.5. The summed E-state index contributed by atoms with van der Waals surface area (Å²) >= 11 is 5.95. The second-order valence-corrected chi connectivity index (χ2v) is 4.76. The van der Waals surface area contributed by atoms with E-state index in [1.807, 2.05) is 25.1 Å². The van der Waals surface area contributed by atoms with Gasteiger partial charge in [0.1, 0.15) is 11.0 Å². The van der Waals surface area contributed by atoms with Crippen molar-refractivity contribution in [3.05, 3.63) is 35.2 Å². The third-order valence-electron chi connectivity index (χ3n) is 3.10. The summed E-state index contributed by atoms with van der Waals surface area (Å²) in [4.78, 5) is 8.64. The molecule has 2 aromatic heterocycles. The second-order valence-electron chi connectivity index (χ2n) is 4.37. The van der Waals surface area contributed by atoms with E-state index >= 15 is 0 Å². The van der Waals surface area contributed by atoms with Gasteiger partial charge in [-0.3, -0.25) is 0 Å². The molecular formula is C14H13ClN4O2. The van der Waals surface area contributed by atoms with E-state index in [0.717, 1.165) is 5.56 Å². The Morgan fingerprint density at radius 1 is 1.14 bits per heavy atom. The van der Waals surface area contributed by atoms with Gasteiger partial charge in [0, 0.05) is 6.07 Å². The third-order valence-corrected chi connectivity index (χ3v) is 3.29. The summed E-state index contributed by atoms with van der Waals surface area (Å²) in [5.74, 6) is 2.41. The predicted octanol–water partition coefficient (Wildman–Crippen LogP) is 2.77. The first-order valence-electron chi connectivity index (χ1n) is 6.25. The van der Waals surface area contributed by atoms with Crippen molar-refractivity contribution in [2.24, 2.45) is 0 Å². The zero-order valence-electron chi connectivity index (χ0n) is 11.8. The number of ether oxygens (including phenoxy) is 2. The van der Waals surface area contributed by atoms with Gasteiger partial charge in [-0.1, -0.05) is 17.7 Å². The standard InChI is InChI=1S/C14H13ClN4O2/c1-8-16-11(15)7-12-17-14(18-19(8)12)9-5-4-6-10(20-2)13(9)21-3/h4-7H,1-3H3. The van der Waals surface area contributed by atoms with Crippen molar-refractivity contribution < 1.29 is 9.47 Å². The summed E-state index contributed by atoms with van der Waals surface area (Å²) in [6, 6.07) is 7.22. The van der Waals surface area contributed by atoms with Gasteiger partial charge in [-0.2, -0.15) is 4.52 Å². The van der Waals surface area contributed by atoms with Crippen LogP contribution in [0.4, 0.5) is 0 Å². The molecule has 0 amide bonds. The summed E-state index contributed by atoms with van der Waals surface area (Å²) in [7, 11) is 3.17. The molecule has 0 aliphatic carbocycles. The van der Waals surface area contributed by atoms with Crippen LogP contribution in [-0.2, 0) is 0 Å². The minimum absolute atomic E-state index is 0.386. The maximum atomic E-state index is 5.95. The van der Waals surface area contributed by atoms with E-state index in [2.05, 4.69) is 15.1 Å². The number of hydrogen-bond donors (Lipinski definition) is 0. The summed E-state index contributed by atoms with van der Waals surface area (Å²) in [5, 5.41) is 4.84. The lowest BCUT2D eigenvalue weighted by molar-refractivity contribution is 0.356. The molecule has 21 heavy (non-hydrogen) atoms. The number of fused-ring (bicyclic) bond motifs is 1. The lowest BCUT2D eigenvalue weighted by atomic mass is 10.2. The smallest absolute Gasteiger partial charge is 0.186 e. The number of methoxy groups -OCH3 is 2. The van der Waals surface area contributed by atoms with E-state index in [-0.39, 0.29) is 0 Å². The van der Waals surface area contributed by atoms with Crippen LogP contribution < -0.4 is 9.47 Å². The van der Waals surface area contributed by atoms with E-state index in [4.69, 9.17) is 21.1 Å². The van der Waals surface area contributed by atoms with Crippen molar-refractivity contribution in [2.75, 3.05) is 14.2 Å². The van der Waals surface area contributed by atoms with Gasteiger partial charge < -0.3 is 9.47 Å². The van der Waals surface area contributed by atoms with E-state index in [1.165, 1.54) is 0 Å². The molecule has 0 fully saturated rings. The molecule has 108 valence electrons. The molecule has 0 atom stereocenters. The fourth-order valence-electron chi connectivity index (χ4n) is 2.17. The van der Waals surface area contributed by atoms with Crippen molar-refractivity contribution in [2.45, 2.75) is 6.92 Å². The minimum Gasteiger partial charge on any atom is -0.493 e. The Labute approximate surface area is 126 Å². The Hall–Kier alpha value is -2.34. The number of benzene rings is 1. The molecule has 3 rings (SSSR count). The molecule has 0 radical (unpaired) electrons. The topological polar surface area (TPSA) is 61.5 Å². The molecule has 6 nitrogen and oxygen atoms in total.